The number of amides is 1. The van der Waals surface area contributed by atoms with Crippen molar-refractivity contribution in [2.75, 3.05) is 56.3 Å². The second kappa shape index (κ2) is 13.8. The van der Waals surface area contributed by atoms with Crippen LogP contribution in [0.3, 0.4) is 0 Å². The van der Waals surface area contributed by atoms with Crippen molar-refractivity contribution in [2.24, 2.45) is 0 Å². The Bertz CT molecular complexity index is 1420. The van der Waals surface area contributed by atoms with Gasteiger partial charge in [-0.2, -0.15) is 0 Å². The molecule has 0 radical (unpaired) electrons. The highest BCUT2D eigenvalue weighted by Gasteiger charge is 2.24. The van der Waals surface area contributed by atoms with Crippen LogP contribution >= 0.6 is 0 Å². The summed E-state index contributed by atoms with van der Waals surface area (Å²) in [6.07, 6.45) is 2.99. The lowest BCUT2D eigenvalue weighted by Gasteiger charge is -2.36. The van der Waals surface area contributed by atoms with Crippen LogP contribution in [0.25, 0.3) is 10.9 Å². The van der Waals surface area contributed by atoms with Gasteiger partial charge in [-0.15, -0.1) is 0 Å². The van der Waals surface area contributed by atoms with Crippen molar-refractivity contribution in [1.29, 1.82) is 0 Å². The van der Waals surface area contributed by atoms with Gasteiger partial charge >= 0.3 is 0 Å². The summed E-state index contributed by atoms with van der Waals surface area (Å²) in [4.78, 5) is 26.0. The first kappa shape index (κ1) is 30.4. The predicted molar refractivity (Wildman–Crippen MR) is 160 cm³/mol. The van der Waals surface area contributed by atoms with Crippen molar-refractivity contribution in [3.05, 3.63) is 48.3 Å². The quantitative estimate of drug-likeness (QED) is 0.276. The molecule has 11 heteroatoms. The van der Waals surface area contributed by atoms with Gasteiger partial charge in [0.25, 0.3) is 0 Å². The summed E-state index contributed by atoms with van der Waals surface area (Å²) in [6, 6.07) is 11.4. The first-order chi connectivity index (χ1) is 19.7. The van der Waals surface area contributed by atoms with Crippen LogP contribution in [-0.2, 0) is 21.1 Å². The molecule has 1 amide bonds. The highest BCUT2D eigenvalue weighted by molar-refractivity contribution is 7.91. The Morgan fingerprint density at radius 1 is 1.00 bits per heavy atom. The number of ether oxygens (including phenoxy) is 3. The largest absolute Gasteiger partial charge is 0.493 e. The minimum atomic E-state index is -3.05. The highest BCUT2D eigenvalue weighted by Crippen LogP contribution is 2.35. The van der Waals surface area contributed by atoms with E-state index >= 15 is 0 Å². The van der Waals surface area contributed by atoms with Crippen molar-refractivity contribution < 1.29 is 27.4 Å². The molecule has 1 aromatic heterocycles. The van der Waals surface area contributed by atoms with Crippen molar-refractivity contribution >= 4 is 32.5 Å². The number of piperazine rings is 1. The summed E-state index contributed by atoms with van der Waals surface area (Å²) >= 11 is 0. The van der Waals surface area contributed by atoms with Gasteiger partial charge in [0.15, 0.2) is 11.5 Å². The van der Waals surface area contributed by atoms with E-state index in [9.17, 15) is 13.2 Å². The van der Waals surface area contributed by atoms with E-state index in [4.69, 9.17) is 14.2 Å². The zero-order valence-corrected chi connectivity index (χ0v) is 25.2. The van der Waals surface area contributed by atoms with Gasteiger partial charge in [0.2, 0.25) is 5.91 Å². The van der Waals surface area contributed by atoms with Crippen molar-refractivity contribution in [1.82, 2.24) is 14.9 Å². The number of sulfone groups is 1. The number of aromatic nitrogens is 2. The smallest absolute Gasteiger partial charge is 0.227 e. The van der Waals surface area contributed by atoms with Crippen LogP contribution in [0.2, 0.25) is 0 Å². The van der Waals surface area contributed by atoms with E-state index in [1.807, 2.05) is 56.0 Å². The van der Waals surface area contributed by atoms with Crippen LogP contribution in [0, 0.1) is 0 Å². The zero-order valence-electron chi connectivity index (χ0n) is 24.3. The molecule has 4 rings (SSSR count). The standard InChI is InChI=1S/C30H40N4O6S/c1-5-16-41(36,37)17-6-15-39-28-20-26-25(19-27(28)38-4)30(32-21-31-26)34-13-11-33(12-14-34)29(35)18-23-7-9-24(10-8-23)40-22(2)3/h7-10,19-22H,5-6,11-18H2,1-4H3. The summed E-state index contributed by atoms with van der Waals surface area (Å²) in [7, 11) is -1.48. The molecule has 222 valence electrons. The first-order valence-electron chi connectivity index (χ1n) is 14.1. The topological polar surface area (TPSA) is 111 Å². The summed E-state index contributed by atoms with van der Waals surface area (Å²) in [5.74, 6) is 3.00. The van der Waals surface area contributed by atoms with Crippen LogP contribution in [0.1, 0.15) is 39.2 Å². The Labute approximate surface area is 242 Å². The van der Waals surface area contributed by atoms with E-state index in [2.05, 4.69) is 14.9 Å². The fourth-order valence-electron chi connectivity index (χ4n) is 4.86. The van der Waals surface area contributed by atoms with Crippen molar-refractivity contribution in [3.8, 4) is 17.2 Å². The van der Waals surface area contributed by atoms with Gasteiger partial charge in [-0.05, 0) is 50.5 Å². The summed E-state index contributed by atoms with van der Waals surface area (Å²) in [6.45, 7) is 8.56. The molecule has 0 unspecified atom stereocenters. The Kier molecular flexibility index (Phi) is 10.3. The molecule has 1 aliphatic heterocycles. The van der Waals surface area contributed by atoms with Gasteiger partial charge in [-0.25, -0.2) is 18.4 Å². The van der Waals surface area contributed by atoms with Gasteiger partial charge in [-0.1, -0.05) is 19.1 Å². The zero-order chi connectivity index (χ0) is 29.4. The van der Waals surface area contributed by atoms with Gasteiger partial charge in [0, 0.05) is 43.4 Å². The average Bonchev–Trinajstić information content (AvgIpc) is 2.95. The van der Waals surface area contributed by atoms with Crippen LogP contribution in [-0.4, -0.2) is 86.7 Å². The molecule has 0 atom stereocenters. The molecule has 0 aliphatic carbocycles. The molecule has 2 aromatic carbocycles. The number of carbonyl (C=O) groups excluding carboxylic acids is 1. The minimum absolute atomic E-state index is 0.0943. The maximum absolute atomic E-state index is 13.0. The summed E-state index contributed by atoms with van der Waals surface area (Å²) < 4.78 is 41.1. The van der Waals surface area contributed by atoms with E-state index < -0.39 is 9.84 Å². The Morgan fingerprint density at radius 3 is 2.39 bits per heavy atom. The minimum Gasteiger partial charge on any atom is -0.493 e. The lowest BCUT2D eigenvalue weighted by molar-refractivity contribution is -0.130. The molecule has 0 spiro atoms. The number of methoxy groups -OCH3 is 1. The third kappa shape index (κ3) is 8.22. The van der Waals surface area contributed by atoms with Crippen molar-refractivity contribution in [2.45, 2.75) is 46.1 Å². The third-order valence-electron chi connectivity index (χ3n) is 6.85. The Morgan fingerprint density at radius 2 is 1.73 bits per heavy atom. The van der Waals surface area contributed by atoms with E-state index in [0.717, 1.165) is 22.5 Å². The Balaban J connectivity index is 1.37. The maximum Gasteiger partial charge on any atom is 0.227 e. The van der Waals surface area contributed by atoms with Crippen LogP contribution in [0.15, 0.2) is 42.7 Å². The molecule has 1 fully saturated rings. The van der Waals surface area contributed by atoms with E-state index in [0.29, 0.717) is 62.5 Å². The first-order valence-corrected chi connectivity index (χ1v) is 16.0. The number of hydrogen-bond acceptors (Lipinski definition) is 9. The van der Waals surface area contributed by atoms with Crippen LogP contribution in [0.5, 0.6) is 17.2 Å². The Hall–Kier alpha value is -3.60. The molecule has 0 saturated carbocycles. The molecule has 1 aliphatic rings. The van der Waals surface area contributed by atoms with Crippen LogP contribution in [0.4, 0.5) is 5.82 Å². The molecule has 2 heterocycles. The number of nitrogens with zero attached hydrogens (tertiary/aromatic N) is 4. The SMILES string of the molecule is CCCS(=O)(=O)CCCOc1cc2ncnc(N3CCN(C(=O)Cc4ccc(OC(C)C)cc4)CC3)c2cc1OC. The molecule has 10 nitrogen and oxygen atoms in total. The number of anilines is 1. The second-order valence-corrected chi connectivity index (χ2v) is 12.7. The fraction of sp³-hybridized carbons (Fsp3) is 0.500. The predicted octanol–water partition coefficient (Wildman–Crippen LogP) is 3.91. The fourth-order valence-corrected chi connectivity index (χ4v) is 6.24. The lowest BCUT2D eigenvalue weighted by atomic mass is 10.1. The molecular weight excluding hydrogens is 544 g/mol. The van der Waals surface area contributed by atoms with E-state index in [1.165, 1.54) is 6.33 Å². The van der Waals surface area contributed by atoms with Gasteiger partial charge in [0.1, 0.15) is 27.7 Å². The molecular formula is C30H40N4O6S. The van der Waals surface area contributed by atoms with E-state index in [-0.39, 0.29) is 30.1 Å². The summed E-state index contributed by atoms with van der Waals surface area (Å²) in [5, 5.41) is 0.825. The average molecular weight is 585 g/mol. The number of rotatable bonds is 13. The monoisotopic (exact) mass is 584 g/mol. The maximum atomic E-state index is 13.0. The van der Waals surface area contributed by atoms with Gasteiger partial charge in [-0.3, -0.25) is 4.79 Å². The number of carbonyl (C=O) groups is 1. The second-order valence-electron chi connectivity index (χ2n) is 10.4. The molecule has 3 aromatic rings. The highest BCUT2D eigenvalue weighted by atomic mass is 32.2. The summed E-state index contributed by atoms with van der Waals surface area (Å²) in [5.41, 5.74) is 1.66. The van der Waals surface area contributed by atoms with Gasteiger partial charge < -0.3 is 24.0 Å². The molecule has 1 saturated heterocycles. The number of benzene rings is 2. The van der Waals surface area contributed by atoms with Gasteiger partial charge in [0.05, 0.1) is 37.5 Å². The van der Waals surface area contributed by atoms with E-state index in [1.54, 1.807) is 13.2 Å². The normalized spacial score (nSPS) is 14.0. The molecule has 41 heavy (non-hydrogen) atoms. The molecule has 0 N–H and O–H groups in total. The number of hydrogen-bond donors (Lipinski definition) is 0. The lowest BCUT2D eigenvalue weighted by Crippen LogP contribution is -2.49. The van der Waals surface area contributed by atoms with Crippen LogP contribution < -0.4 is 19.1 Å². The number of fused-ring (bicyclic) bond motifs is 1. The molecule has 0 bridgehead atoms. The third-order valence-corrected chi connectivity index (χ3v) is 8.80. The van der Waals surface area contributed by atoms with Crippen molar-refractivity contribution in [3.63, 3.8) is 0 Å².